The second kappa shape index (κ2) is 8.08. The highest BCUT2D eigenvalue weighted by atomic mass is 19.1. The van der Waals surface area contributed by atoms with Crippen molar-refractivity contribution >= 4 is 29.2 Å². The van der Waals surface area contributed by atoms with Crippen molar-refractivity contribution in [2.75, 3.05) is 23.9 Å². The van der Waals surface area contributed by atoms with Crippen LogP contribution in [-0.2, 0) is 14.3 Å². The number of methoxy groups -OCH3 is 1. The van der Waals surface area contributed by atoms with E-state index in [4.69, 9.17) is 9.47 Å². The number of carbonyl (C=O) groups is 3. The summed E-state index contributed by atoms with van der Waals surface area (Å²) in [6.07, 6.45) is 0.0987. The fourth-order valence-electron chi connectivity index (χ4n) is 3.03. The van der Waals surface area contributed by atoms with E-state index in [9.17, 15) is 18.8 Å². The maximum atomic E-state index is 14.0. The summed E-state index contributed by atoms with van der Waals surface area (Å²) >= 11 is 0. The van der Waals surface area contributed by atoms with E-state index in [1.165, 1.54) is 24.1 Å². The van der Waals surface area contributed by atoms with Crippen LogP contribution in [0.1, 0.15) is 23.7 Å². The third kappa shape index (κ3) is 3.95. The molecule has 0 saturated carbocycles. The van der Waals surface area contributed by atoms with Crippen molar-refractivity contribution in [3.63, 3.8) is 0 Å². The topological polar surface area (TPSA) is 84.9 Å². The zero-order valence-electron chi connectivity index (χ0n) is 15.4. The van der Waals surface area contributed by atoms with Crippen LogP contribution in [0.3, 0.4) is 0 Å². The van der Waals surface area contributed by atoms with E-state index in [2.05, 4.69) is 5.32 Å². The number of benzene rings is 2. The lowest BCUT2D eigenvalue weighted by molar-refractivity contribution is -0.122. The van der Waals surface area contributed by atoms with Crippen LogP contribution in [0, 0.1) is 5.82 Å². The van der Waals surface area contributed by atoms with Crippen LogP contribution in [0.15, 0.2) is 42.5 Å². The number of ether oxygens (including phenoxy) is 2. The summed E-state index contributed by atoms with van der Waals surface area (Å²) in [5, 5.41) is 2.74. The second-order valence-electron chi connectivity index (χ2n) is 6.30. The van der Waals surface area contributed by atoms with E-state index in [-0.39, 0.29) is 23.6 Å². The second-order valence-corrected chi connectivity index (χ2v) is 6.30. The Morgan fingerprint density at radius 2 is 2.00 bits per heavy atom. The highest BCUT2D eigenvalue weighted by molar-refractivity contribution is 6.05. The SMILES string of the molecule is COc1ccc(C(=O)OCC(=O)N2c3ccccc3NC(=O)C[C@H]2C)c(F)c1. The highest BCUT2D eigenvalue weighted by Gasteiger charge is 2.30. The summed E-state index contributed by atoms with van der Waals surface area (Å²) in [5.74, 6) is -2.23. The average molecular weight is 386 g/mol. The maximum absolute atomic E-state index is 14.0. The Morgan fingerprint density at radius 1 is 1.25 bits per heavy atom. The standard InChI is InChI=1S/C20H19FN2O5/c1-12-9-18(24)22-16-5-3-4-6-17(16)23(12)19(25)11-28-20(26)14-8-7-13(27-2)10-15(14)21/h3-8,10,12H,9,11H2,1-2H3,(H,22,24)/t12-/m1/s1. The zero-order chi connectivity index (χ0) is 20.3. The lowest BCUT2D eigenvalue weighted by Crippen LogP contribution is -2.41. The minimum atomic E-state index is -0.960. The molecule has 2 amide bonds. The number of rotatable bonds is 4. The van der Waals surface area contributed by atoms with Crippen LogP contribution in [0.2, 0.25) is 0 Å². The Morgan fingerprint density at radius 3 is 2.71 bits per heavy atom. The molecule has 1 N–H and O–H groups in total. The molecule has 0 aliphatic carbocycles. The van der Waals surface area contributed by atoms with Crippen molar-refractivity contribution in [3.05, 3.63) is 53.8 Å². The van der Waals surface area contributed by atoms with E-state index < -0.39 is 30.3 Å². The molecule has 2 aromatic carbocycles. The number of esters is 1. The van der Waals surface area contributed by atoms with Crippen LogP contribution in [0.5, 0.6) is 5.75 Å². The third-order valence-electron chi connectivity index (χ3n) is 4.35. The first kappa shape index (κ1) is 19.3. The molecule has 0 unspecified atom stereocenters. The van der Waals surface area contributed by atoms with Crippen molar-refractivity contribution in [2.24, 2.45) is 0 Å². The number of carbonyl (C=O) groups excluding carboxylic acids is 3. The Kier molecular flexibility index (Phi) is 5.58. The van der Waals surface area contributed by atoms with Gasteiger partial charge >= 0.3 is 5.97 Å². The van der Waals surface area contributed by atoms with Gasteiger partial charge in [-0.25, -0.2) is 9.18 Å². The first-order valence-electron chi connectivity index (χ1n) is 8.62. The molecule has 1 atom stereocenters. The molecule has 2 aromatic rings. The highest BCUT2D eigenvalue weighted by Crippen LogP contribution is 2.31. The largest absolute Gasteiger partial charge is 0.497 e. The van der Waals surface area contributed by atoms with Gasteiger partial charge in [0, 0.05) is 18.5 Å². The number of hydrogen-bond acceptors (Lipinski definition) is 5. The summed E-state index contributed by atoms with van der Waals surface area (Å²) in [6.45, 7) is 1.14. The fraction of sp³-hybridized carbons (Fsp3) is 0.250. The van der Waals surface area contributed by atoms with Gasteiger partial charge in [0.25, 0.3) is 5.91 Å². The smallest absolute Gasteiger partial charge is 0.341 e. The van der Waals surface area contributed by atoms with E-state index in [0.29, 0.717) is 11.4 Å². The van der Waals surface area contributed by atoms with E-state index in [0.717, 1.165) is 6.07 Å². The number of fused-ring (bicyclic) bond motifs is 1. The molecular weight excluding hydrogens is 367 g/mol. The summed E-state index contributed by atoms with van der Waals surface area (Å²) in [7, 11) is 1.38. The molecule has 8 heteroatoms. The van der Waals surface area contributed by atoms with Crippen LogP contribution >= 0.6 is 0 Å². The van der Waals surface area contributed by atoms with Gasteiger partial charge in [-0.2, -0.15) is 0 Å². The van der Waals surface area contributed by atoms with Crippen LogP contribution < -0.4 is 15.0 Å². The molecule has 0 saturated heterocycles. The predicted octanol–water partition coefficient (Wildman–Crippen LogP) is 2.76. The Hall–Kier alpha value is -3.42. The predicted molar refractivity (Wildman–Crippen MR) is 99.9 cm³/mol. The number of nitrogens with one attached hydrogen (secondary N) is 1. The molecular formula is C20H19FN2O5. The monoisotopic (exact) mass is 386 g/mol. The van der Waals surface area contributed by atoms with Gasteiger partial charge in [-0.1, -0.05) is 12.1 Å². The van der Waals surface area contributed by atoms with Gasteiger partial charge < -0.3 is 19.7 Å². The minimum Gasteiger partial charge on any atom is -0.497 e. The quantitative estimate of drug-likeness (QED) is 0.817. The van der Waals surface area contributed by atoms with Crippen molar-refractivity contribution in [2.45, 2.75) is 19.4 Å². The summed E-state index contributed by atoms with van der Waals surface area (Å²) < 4.78 is 23.9. The number of para-hydroxylation sites is 2. The van der Waals surface area contributed by atoms with E-state index in [1.807, 2.05) is 0 Å². The zero-order valence-corrected chi connectivity index (χ0v) is 15.4. The molecule has 0 bridgehead atoms. The van der Waals surface area contributed by atoms with Gasteiger partial charge in [0.1, 0.15) is 11.6 Å². The van der Waals surface area contributed by atoms with Crippen molar-refractivity contribution in [1.29, 1.82) is 0 Å². The normalized spacial score (nSPS) is 15.9. The molecule has 7 nitrogen and oxygen atoms in total. The lowest BCUT2D eigenvalue weighted by Gasteiger charge is -2.27. The number of amides is 2. The van der Waals surface area contributed by atoms with Gasteiger partial charge in [-0.15, -0.1) is 0 Å². The number of nitrogens with zero attached hydrogens (tertiary/aromatic N) is 1. The van der Waals surface area contributed by atoms with Gasteiger partial charge in [0.15, 0.2) is 6.61 Å². The maximum Gasteiger partial charge on any atom is 0.341 e. The van der Waals surface area contributed by atoms with Crippen molar-refractivity contribution < 1.29 is 28.2 Å². The average Bonchev–Trinajstić information content (AvgIpc) is 2.79. The van der Waals surface area contributed by atoms with Crippen molar-refractivity contribution in [1.82, 2.24) is 0 Å². The van der Waals surface area contributed by atoms with E-state index >= 15 is 0 Å². The van der Waals surface area contributed by atoms with Gasteiger partial charge in [0.05, 0.1) is 24.0 Å². The molecule has 0 radical (unpaired) electrons. The van der Waals surface area contributed by atoms with E-state index in [1.54, 1.807) is 31.2 Å². The Labute approximate surface area is 161 Å². The number of hydrogen-bond donors (Lipinski definition) is 1. The summed E-state index contributed by atoms with van der Waals surface area (Å²) in [4.78, 5) is 38.3. The summed E-state index contributed by atoms with van der Waals surface area (Å²) in [6, 6.07) is 10.1. The molecule has 1 heterocycles. The molecule has 1 aliphatic heterocycles. The molecule has 28 heavy (non-hydrogen) atoms. The molecule has 0 aromatic heterocycles. The van der Waals surface area contributed by atoms with Crippen LogP contribution in [-0.4, -0.2) is 37.5 Å². The number of anilines is 2. The van der Waals surface area contributed by atoms with Gasteiger partial charge in [-0.05, 0) is 31.2 Å². The molecule has 0 fully saturated rings. The minimum absolute atomic E-state index is 0.0987. The van der Waals surface area contributed by atoms with Gasteiger partial charge in [0.2, 0.25) is 5.91 Å². The van der Waals surface area contributed by atoms with Crippen LogP contribution in [0.25, 0.3) is 0 Å². The van der Waals surface area contributed by atoms with Gasteiger partial charge in [-0.3, -0.25) is 9.59 Å². The first-order chi connectivity index (χ1) is 13.4. The molecule has 3 rings (SSSR count). The molecule has 0 spiro atoms. The fourth-order valence-corrected chi connectivity index (χ4v) is 3.03. The van der Waals surface area contributed by atoms with Crippen molar-refractivity contribution in [3.8, 4) is 5.75 Å². The molecule has 146 valence electrons. The molecule has 1 aliphatic rings. The van der Waals surface area contributed by atoms with Crippen LogP contribution in [0.4, 0.5) is 15.8 Å². The third-order valence-corrected chi connectivity index (χ3v) is 4.35. The first-order valence-corrected chi connectivity index (χ1v) is 8.62. The summed E-state index contributed by atoms with van der Waals surface area (Å²) in [5.41, 5.74) is 0.713. The Bertz CT molecular complexity index is 931. The lowest BCUT2D eigenvalue weighted by atomic mass is 10.1. The Balaban J connectivity index is 1.75. The number of halogens is 1.